The highest BCUT2D eigenvalue weighted by molar-refractivity contribution is 8.17. The van der Waals surface area contributed by atoms with Crippen molar-refractivity contribution in [3.05, 3.63) is 40.7 Å². The van der Waals surface area contributed by atoms with Gasteiger partial charge in [0.05, 0.1) is 16.5 Å². The molecule has 1 aliphatic rings. The highest BCUT2D eigenvalue weighted by Gasteiger charge is 2.22. The standard InChI is InChI=1S/C20H29N3OS/c1-4-15(2)19(23-18(24)14-17-12-8-9-13-22-17)25-20(21-3)16-10-6-5-7-11-16/h8-9,12-13,16H,4-7,10-11,14H2,1-3H3,(H,23,24)/b19-15+,21-20?. The number of aliphatic imine (C=N–C) groups is 1. The summed E-state index contributed by atoms with van der Waals surface area (Å²) in [5.74, 6) is 0.518. The molecule has 0 spiro atoms. The van der Waals surface area contributed by atoms with Crippen LogP contribution in [0, 0.1) is 5.92 Å². The highest BCUT2D eigenvalue weighted by atomic mass is 32.2. The molecule has 0 unspecified atom stereocenters. The normalized spacial score (nSPS) is 17.2. The maximum absolute atomic E-state index is 12.5. The van der Waals surface area contributed by atoms with E-state index < -0.39 is 0 Å². The van der Waals surface area contributed by atoms with Gasteiger partial charge in [0.2, 0.25) is 5.91 Å². The Kier molecular flexibility index (Phi) is 8.19. The van der Waals surface area contributed by atoms with E-state index in [9.17, 15) is 4.79 Å². The fraction of sp³-hybridized carbons (Fsp3) is 0.550. The molecule has 1 aromatic heterocycles. The van der Waals surface area contributed by atoms with Crippen LogP contribution in [0.5, 0.6) is 0 Å². The molecule has 4 nitrogen and oxygen atoms in total. The van der Waals surface area contributed by atoms with E-state index in [1.165, 1.54) is 37.7 Å². The number of amides is 1. The summed E-state index contributed by atoms with van der Waals surface area (Å²) in [6, 6.07) is 5.64. The molecule has 0 aliphatic heterocycles. The lowest BCUT2D eigenvalue weighted by atomic mass is 9.90. The predicted molar refractivity (Wildman–Crippen MR) is 107 cm³/mol. The zero-order valence-corrected chi connectivity index (χ0v) is 16.4. The summed E-state index contributed by atoms with van der Waals surface area (Å²) in [6.07, 6.45) is 9.23. The van der Waals surface area contributed by atoms with E-state index in [0.29, 0.717) is 12.3 Å². The van der Waals surface area contributed by atoms with Gasteiger partial charge in [0.25, 0.3) is 0 Å². The van der Waals surface area contributed by atoms with Gasteiger partial charge in [-0.3, -0.25) is 14.8 Å². The fourth-order valence-electron chi connectivity index (χ4n) is 2.98. The number of hydrogen-bond donors (Lipinski definition) is 1. The van der Waals surface area contributed by atoms with Gasteiger partial charge >= 0.3 is 0 Å². The first-order valence-corrected chi connectivity index (χ1v) is 9.99. The minimum absolute atomic E-state index is 0.0203. The van der Waals surface area contributed by atoms with Crippen LogP contribution in [0.1, 0.15) is 58.1 Å². The Morgan fingerprint density at radius 2 is 2.08 bits per heavy atom. The van der Waals surface area contributed by atoms with Crippen molar-refractivity contribution in [1.82, 2.24) is 10.3 Å². The zero-order valence-electron chi connectivity index (χ0n) is 15.5. The number of carbonyl (C=O) groups excluding carboxylic acids is 1. The van der Waals surface area contributed by atoms with Crippen LogP contribution in [-0.2, 0) is 11.2 Å². The number of thioether (sulfide) groups is 1. The van der Waals surface area contributed by atoms with Crippen LogP contribution in [0.3, 0.4) is 0 Å². The summed E-state index contributed by atoms with van der Waals surface area (Å²) in [5.41, 5.74) is 1.98. The molecular formula is C20H29N3OS. The van der Waals surface area contributed by atoms with Gasteiger partial charge in [-0.05, 0) is 43.9 Å². The number of hydrogen-bond acceptors (Lipinski definition) is 4. The lowest BCUT2D eigenvalue weighted by molar-refractivity contribution is -0.119. The minimum Gasteiger partial charge on any atom is -0.320 e. The van der Waals surface area contributed by atoms with E-state index in [1.54, 1.807) is 18.0 Å². The lowest BCUT2D eigenvalue weighted by Crippen LogP contribution is -2.26. The molecule has 1 fully saturated rings. The van der Waals surface area contributed by atoms with Crippen LogP contribution in [0.4, 0.5) is 0 Å². The maximum atomic E-state index is 12.5. The molecule has 2 rings (SSSR count). The topological polar surface area (TPSA) is 54.4 Å². The van der Waals surface area contributed by atoms with E-state index >= 15 is 0 Å². The Hall–Kier alpha value is -1.62. The molecule has 25 heavy (non-hydrogen) atoms. The van der Waals surface area contributed by atoms with Crippen molar-refractivity contribution < 1.29 is 4.79 Å². The van der Waals surface area contributed by atoms with E-state index in [0.717, 1.165) is 22.2 Å². The number of allylic oxidation sites excluding steroid dienone is 1. The quantitative estimate of drug-likeness (QED) is 0.590. The van der Waals surface area contributed by atoms with Gasteiger partial charge in [-0.1, -0.05) is 44.0 Å². The van der Waals surface area contributed by atoms with Gasteiger partial charge in [-0.2, -0.15) is 0 Å². The largest absolute Gasteiger partial charge is 0.320 e. The van der Waals surface area contributed by atoms with Gasteiger partial charge in [0, 0.05) is 24.9 Å². The van der Waals surface area contributed by atoms with Gasteiger partial charge in [-0.25, -0.2) is 0 Å². The predicted octanol–water partition coefficient (Wildman–Crippen LogP) is 4.72. The summed E-state index contributed by atoms with van der Waals surface area (Å²) in [6.45, 7) is 4.20. The van der Waals surface area contributed by atoms with Crippen LogP contribution in [0.15, 0.2) is 40.0 Å². The molecule has 1 aliphatic carbocycles. The molecule has 0 bridgehead atoms. The second-order valence-corrected chi connectivity index (χ2v) is 7.54. The van der Waals surface area contributed by atoms with Gasteiger partial charge in [0.1, 0.15) is 0 Å². The van der Waals surface area contributed by atoms with Gasteiger partial charge in [-0.15, -0.1) is 0 Å². The molecule has 1 amide bonds. The summed E-state index contributed by atoms with van der Waals surface area (Å²) >= 11 is 1.65. The Bertz CT molecular complexity index is 619. The third kappa shape index (κ3) is 6.31. The number of aromatic nitrogens is 1. The van der Waals surface area contributed by atoms with Gasteiger partial charge < -0.3 is 5.32 Å². The molecule has 1 heterocycles. The van der Waals surface area contributed by atoms with Crippen molar-refractivity contribution >= 4 is 22.7 Å². The first-order chi connectivity index (χ1) is 12.1. The third-order valence-electron chi connectivity index (χ3n) is 4.62. The molecule has 1 N–H and O–H groups in total. The summed E-state index contributed by atoms with van der Waals surface area (Å²) in [7, 11) is 1.87. The second kappa shape index (κ2) is 10.4. The smallest absolute Gasteiger partial charge is 0.230 e. The zero-order chi connectivity index (χ0) is 18.1. The Morgan fingerprint density at radius 1 is 1.32 bits per heavy atom. The Balaban J connectivity index is 2.04. The number of nitrogens with zero attached hydrogens (tertiary/aromatic N) is 2. The number of pyridine rings is 1. The molecular weight excluding hydrogens is 330 g/mol. The van der Waals surface area contributed by atoms with Crippen LogP contribution >= 0.6 is 11.8 Å². The highest BCUT2D eigenvalue weighted by Crippen LogP contribution is 2.32. The van der Waals surface area contributed by atoms with E-state index in [2.05, 4.69) is 29.1 Å². The van der Waals surface area contributed by atoms with Crippen molar-refractivity contribution in [3.63, 3.8) is 0 Å². The summed E-state index contributed by atoms with van der Waals surface area (Å²) in [4.78, 5) is 21.2. The third-order valence-corrected chi connectivity index (χ3v) is 6.00. The molecule has 0 atom stereocenters. The molecule has 5 heteroatoms. The van der Waals surface area contributed by atoms with Crippen molar-refractivity contribution in [2.45, 2.75) is 58.8 Å². The molecule has 1 saturated carbocycles. The maximum Gasteiger partial charge on any atom is 0.230 e. The minimum atomic E-state index is -0.0203. The Labute approximate surface area is 155 Å². The number of carbonyl (C=O) groups is 1. The van der Waals surface area contributed by atoms with E-state index in [1.807, 2.05) is 25.2 Å². The summed E-state index contributed by atoms with van der Waals surface area (Å²) < 4.78 is 0. The number of rotatable bonds is 6. The molecule has 136 valence electrons. The van der Waals surface area contributed by atoms with Crippen molar-refractivity contribution in [1.29, 1.82) is 0 Å². The van der Waals surface area contributed by atoms with E-state index in [4.69, 9.17) is 0 Å². The van der Waals surface area contributed by atoms with Crippen LogP contribution in [-0.4, -0.2) is 23.0 Å². The fourth-order valence-corrected chi connectivity index (χ4v) is 4.17. The summed E-state index contributed by atoms with van der Waals surface area (Å²) in [5, 5.41) is 5.20. The van der Waals surface area contributed by atoms with E-state index in [-0.39, 0.29) is 5.91 Å². The average molecular weight is 360 g/mol. The van der Waals surface area contributed by atoms with Crippen LogP contribution in [0.25, 0.3) is 0 Å². The SMILES string of the molecule is CC/C(C)=C(\NC(=O)Cc1ccccn1)SC(=NC)C1CCCCC1. The molecule has 0 saturated heterocycles. The monoisotopic (exact) mass is 359 g/mol. The first kappa shape index (κ1) is 19.7. The molecule has 1 aromatic rings. The average Bonchev–Trinajstić information content (AvgIpc) is 2.65. The Morgan fingerprint density at radius 3 is 2.68 bits per heavy atom. The molecule has 0 radical (unpaired) electrons. The number of nitrogens with one attached hydrogen (secondary N) is 1. The van der Waals surface area contributed by atoms with Gasteiger partial charge in [0.15, 0.2) is 0 Å². The van der Waals surface area contributed by atoms with Crippen molar-refractivity contribution in [2.75, 3.05) is 7.05 Å². The van der Waals surface area contributed by atoms with Crippen LogP contribution < -0.4 is 5.32 Å². The first-order valence-electron chi connectivity index (χ1n) is 9.18. The molecule has 0 aromatic carbocycles. The van der Waals surface area contributed by atoms with Crippen molar-refractivity contribution in [2.24, 2.45) is 10.9 Å². The second-order valence-electron chi connectivity index (χ2n) is 6.51. The van der Waals surface area contributed by atoms with Crippen molar-refractivity contribution in [3.8, 4) is 0 Å². The van der Waals surface area contributed by atoms with Crippen LogP contribution in [0.2, 0.25) is 0 Å². The lowest BCUT2D eigenvalue weighted by Gasteiger charge is -2.24.